The van der Waals surface area contributed by atoms with Gasteiger partial charge in [-0.05, 0) is 12.5 Å². The summed E-state index contributed by atoms with van der Waals surface area (Å²) in [6.45, 7) is 0.899. The predicted molar refractivity (Wildman–Crippen MR) is 65.9 cm³/mol. The Morgan fingerprint density at radius 1 is 1.29 bits per heavy atom. The molecular formula is C13H14F3NO4. The minimum absolute atomic E-state index is 0.176. The number of carbonyl (C=O) groups excluding carboxylic acids is 2. The van der Waals surface area contributed by atoms with Crippen molar-refractivity contribution in [3.05, 3.63) is 35.9 Å². The van der Waals surface area contributed by atoms with Crippen molar-refractivity contribution in [2.75, 3.05) is 0 Å². The van der Waals surface area contributed by atoms with E-state index in [1.54, 1.807) is 30.3 Å². The molecule has 0 unspecified atom stereocenters. The third-order valence-electron chi connectivity index (χ3n) is 2.50. The lowest BCUT2D eigenvalue weighted by Gasteiger charge is -2.20. The molecule has 0 aliphatic heterocycles. The van der Waals surface area contributed by atoms with E-state index in [1.165, 1.54) is 5.32 Å². The lowest BCUT2D eigenvalue weighted by Crippen LogP contribution is -2.52. The molecule has 0 saturated carbocycles. The van der Waals surface area contributed by atoms with Crippen LogP contribution in [0.25, 0.3) is 0 Å². The van der Waals surface area contributed by atoms with E-state index in [4.69, 9.17) is 4.74 Å². The van der Waals surface area contributed by atoms with Crippen molar-refractivity contribution in [2.45, 2.75) is 31.9 Å². The first-order valence-electron chi connectivity index (χ1n) is 5.98. The van der Waals surface area contributed by atoms with Crippen molar-refractivity contribution < 1.29 is 32.6 Å². The van der Waals surface area contributed by atoms with Crippen molar-refractivity contribution >= 4 is 11.9 Å². The average molecular weight is 305 g/mol. The first-order chi connectivity index (χ1) is 9.71. The Balaban J connectivity index is 2.64. The molecule has 0 radical (unpaired) electrons. The van der Waals surface area contributed by atoms with Gasteiger partial charge in [0.1, 0.15) is 6.61 Å². The molecule has 0 saturated heterocycles. The molecular weight excluding hydrogens is 291 g/mol. The monoisotopic (exact) mass is 305 g/mol. The molecule has 8 heteroatoms. The molecule has 0 aromatic heterocycles. The molecule has 1 aromatic rings. The minimum atomic E-state index is -5.15. The summed E-state index contributed by atoms with van der Waals surface area (Å²) in [6.07, 6.45) is -6.67. The van der Waals surface area contributed by atoms with Crippen molar-refractivity contribution in [1.82, 2.24) is 5.32 Å². The molecule has 1 aromatic carbocycles. The first kappa shape index (κ1) is 17.0. The summed E-state index contributed by atoms with van der Waals surface area (Å²) in [5.74, 6) is -3.46. The van der Waals surface area contributed by atoms with E-state index in [0.29, 0.717) is 5.56 Å². The second kappa shape index (κ2) is 7.07. The second-order valence-corrected chi connectivity index (χ2v) is 4.28. The quantitative estimate of drug-likeness (QED) is 0.800. The Kier molecular flexibility index (Phi) is 5.71. The van der Waals surface area contributed by atoms with Gasteiger partial charge in [-0.15, -0.1) is 0 Å². The zero-order chi connectivity index (χ0) is 16.0. The molecule has 0 fully saturated rings. The third-order valence-corrected chi connectivity index (χ3v) is 2.50. The van der Waals surface area contributed by atoms with Gasteiger partial charge in [0, 0.05) is 0 Å². The van der Waals surface area contributed by atoms with Crippen LogP contribution in [0.3, 0.4) is 0 Å². The Bertz CT molecular complexity index is 488. The standard InChI is InChI=1S/C13H14F3NO4/c1-8(18)10(17-12(20)13(14,15)16)11(19)21-7-9-5-3-2-4-6-9/h2-6,8,10,18H,7H2,1H3,(H,17,20)/t8-,10+/m1/s1. The zero-order valence-electron chi connectivity index (χ0n) is 11.1. The Hall–Kier alpha value is -2.09. The Morgan fingerprint density at radius 2 is 1.86 bits per heavy atom. The van der Waals surface area contributed by atoms with E-state index in [1.807, 2.05) is 0 Å². The smallest absolute Gasteiger partial charge is 0.459 e. The predicted octanol–water partition coefficient (Wildman–Crippen LogP) is 1.16. The normalized spacial score (nSPS) is 14.1. The molecule has 0 aliphatic carbocycles. The maximum absolute atomic E-state index is 12.1. The molecule has 2 N–H and O–H groups in total. The largest absolute Gasteiger partial charge is 0.471 e. The number of ether oxygens (including phenoxy) is 1. The van der Waals surface area contributed by atoms with Crippen molar-refractivity contribution in [3.8, 4) is 0 Å². The van der Waals surface area contributed by atoms with E-state index < -0.39 is 30.2 Å². The number of alkyl halides is 3. The summed E-state index contributed by atoms with van der Waals surface area (Å²) in [7, 11) is 0. The van der Waals surface area contributed by atoms with Gasteiger partial charge in [0.05, 0.1) is 6.10 Å². The number of hydrogen-bond donors (Lipinski definition) is 2. The van der Waals surface area contributed by atoms with E-state index in [-0.39, 0.29) is 6.61 Å². The summed E-state index contributed by atoms with van der Waals surface area (Å²) in [5.41, 5.74) is 0.623. The fraction of sp³-hybridized carbons (Fsp3) is 0.385. The molecule has 116 valence electrons. The van der Waals surface area contributed by atoms with Gasteiger partial charge in [0.15, 0.2) is 6.04 Å². The van der Waals surface area contributed by atoms with Gasteiger partial charge in [-0.2, -0.15) is 13.2 Å². The highest BCUT2D eigenvalue weighted by Gasteiger charge is 2.42. The highest BCUT2D eigenvalue weighted by molar-refractivity contribution is 5.87. The van der Waals surface area contributed by atoms with Crippen LogP contribution in [0.1, 0.15) is 12.5 Å². The number of halogens is 3. The number of benzene rings is 1. The Labute approximate surface area is 118 Å². The topological polar surface area (TPSA) is 75.6 Å². The van der Waals surface area contributed by atoms with Gasteiger partial charge < -0.3 is 15.2 Å². The van der Waals surface area contributed by atoms with Crippen LogP contribution in [-0.4, -0.2) is 35.3 Å². The van der Waals surface area contributed by atoms with Crippen LogP contribution in [0.2, 0.25) is 0 Å². The van der Waals surface area contributed by atoms with Crippen LogP contribution >= 0.6 is 0 Å². The van der Waals surface area contributed by atoms with Crippen LogP contribution in [0.4, 0.5) is 13.2 Å². The molecule has 0 spiro atoms. The van der Waals surface area contributed by atoms with Gasteiger partial charge in [-0.1, -0.05) is 30.3 Å². The second-order valence-electron chi connectivity index (χ2n) is 4.28. The Morgan fingerprint density at radius 3 is 2.33 bits per heavy atom. The number of aliphatic hydroxyl groups is 1. The maximum Gasteiger partial charge on any atom is 0.471 e. The van der Waals surface area contributed by atoms with Crippen LogP contribution in [0, 0.1) is 0 Å². The average Bonchev–Trinajstić information content (AvgIpc) is 2.41. The van der Waals surface area contributed by atoms with Gasteiger partial charge in [0.2, 0.25) is 0 Å². The first-order valence-corrected chi connectivity index (χ1v) is 5.98. The SMILES string of the molecule is C[C@@H](O)[C@H](NC(=O)C(F)(F)F)C(=O)OCc1ccccc1. The van der Waals surface area contributed by atoms with Crippen molar-refractivity contribution in [3.63, 3.8) is 0 Å². The highest BCUT2D eigenvalue weighted by atomic mass is 19.4. The van der Waals surface area contributed by atoms with Gasteiger partial charge >= 0.3 is 18.1 Å². The number of nitrogens with one attached hydrogen (secondary N) is 1. The van der Waals surface area contributed by atoms with E-state index >= 15 is 0 Å². The van der Waals surface area contributed by atoms with E-state index in [0.717, 1.165) is 6.92 Å². The zero-order valence-corrected chi connectivity index (χ0v) is 11.1. The molecule has 1 amide bonds. The van der Waals surface area contributed by atoms with Crippen LogP contribution < -0.4 is 5.32 Å². The molecule has 21 heavy (non-hydrogen) atoms. The van der Waals surface area contributed by atoms with Gasteiger partial charge in [0.25, 0.3) is 0 Å². The van der Waals surface area contributed by atoms with E-state index in [2.05, 4.69) is 0 Å². The highest BCUT2D eigenvalue weighted by Crippen LogP contribution is 2.15. The summed E-state index contributed by atoms with van der Waals surface area (Å²) >= 11 is 0. The lowest BCUT2D eigenvalue weighted by atomic mass is 10.2. The fourth-order valence-corrected chi connectivity index (χ4v) is 1.42. The molecule has 0 aliphatic rings. The summed E-state index contributed by atoms with van der Waals surface area (Å²) < 4.78 is 41.2. The lowest BCUT2D eigenvalue weighted by molar-refractivity contribution is -0.177. The molecule has 0 heterocycles. The molecule has 2 atom stereocenters. The number of carbonyl (C=O) groups is 2. The third kappa shape index (κ3) is 5.42. The molecule has 5 nitrogen and oxygen atoms in total. The maximum atomic E-state index is 12.1. The van der Waals surface area contributed by atoms with E-state index in [9.17, 15) is 27.9 Å². The van der Waals surface area contributed by atoms with Crippen molar-refractivity contribution in [1.29, 1.82) is 0 Å². The van der Waals surface area contributed by atoms with Gasteiger partial charge in [-0.25, -0.2) is 4.79 Å². The minimum Gasteiger partial charge on any atom is -0.459 e. The fourth-order valence-electron chi connectivity index (χ4n) is 1.42. The number of hydrogen-bond acceptors (Lipinski definition) is 4. The summed E-state index contributed by atoms with van der Waals surface area (Å²) in [6, 6.07) is 6.65. The summed E-state index contributed by atoms with van der Waals surface area (Å²) in [4.78, 5) is 22.5. The molecule has 1 rings (SSSR count). The van der Waals surface area contributed by atoms with Crippen LogP contribution in [0.15, 0.2) is 30.3 Å². The number of aliphatic hydroxyl groups excluding tert-OH is 1. The number of rotatable bonds is 5. The summed E-state index contributed by atoms with van der Waals surface area (Å²) in [5, 5.41) is 10.7. The number of esters is 1. The van der Waals surface area contributed by atoms with Crippen LogP contribution in [-0.2, 0) is 20.9 Å². The van der Waals surface area contributed by atoms with Crippen molar-refractivity contribution in [2.24, 2.45) is 0 Å². The van der Waals surface area contributed by atoms with Gasteiger partial charge in [-0.3, -0.25) is 4.79 Å². The molecule has 0 bridgehead atoms. The van der Waals surface area contributed by atoms with Crippen LogP contribution in [0.5, 0.6) is 0 Å². The number of amides is 1.